The molecule has 332 valence electrons. The number of aliphatic hydroxyl groups is 1. The van der Waals surface area contributed by atoms with Crippen LogP contribution in [0.15, 0.2) is 35.9 Å². The Morgan fingerprint density at radius 2 is 1.83 bits per heavy atom. The average molecular weight is 859 g/mol. The molecule has 3 saturated heterocycles. The summed E-state index contributed by atoms with van der Waals surface area (Å²) in [5.74, 6) is -1.27. The summed E-state index contributed by atoms with van der Waals surface area (Å²) in [6, 6.07) is 2.66. The summed E-state index contributed by atoms with van der Waals surface area (Å²) in [5.41, 5.74) is -0.956. The van der Waals surface area contributed by atoms with Gasteiger partial charge >= 0.3 is 12.1 Å². The smallest absolute Gasteiger partial charge is 0.409 e. The highest BCUT2D eigenvalue weighted by Crippen LogP contribution is 2.49. The lowest BCUT2D eigenvalue weighted by Crippen LogP contribution is -2.63. The number of piperidine rings is 1. The van der Waals surface area contributed by atoms with Gasteiger partial charge in [-0.2, -0.15) is 0 Å². The number of Topliss-reactive ketones (excluding diaryl/α,β-unsaturated/α-hetero) is 1. The van der Waals surface area contributed by atoms with Crippen molar-refractivity contribution in [3.8, 4) is 5.75 Å². The van der Waals surface area contributed by atoms with Crippen LogP contribution in [-0.4, -0.2) is 134 Å². The highest BCUT2D eigenvalue weighted by molar-refractivity contribution is 6.35. The van der Waals surface area contributed by atoms with E-state index in [0.717, 1.165) is 50.0 Å². The van der Waals surface area contributed by atoms with Gasteiger partial charge in [0.2, 0.25) is 11.8 Å². The average Bonchev–Trinajstić information content (AvgIpc) is 3.90. The second kappa shape index (κ2) is 19.8. The number of epoxide rings is 1. The molecule has 0 unspecified atom stereocenters. The summed E-state index contributed by atoms with van der Waals surface area (Å²) in [6.07, 6.45) is 4.26. The first-order valence-corrected chi connectivity index (χ1v) is 21.2. The Bertz CT molecular complexity index is 1830. The van der Waals surface area contributed by atoms with Crippen molar-refractivity contribution < 1.29 is 52.8 Å². The number of unbranched alkanes of at least 4 members (excludes halogenated alkanes) is 1. The van der Waals surface area contributed by atoms with Crippen molar-refractivity contribution >= 4 is 46.9 Å². The minimum absolute atomic E-state index is 0.0577. The van der Waals surface area contributed by atoms with E-state index in [4.69, 9.17) is 35.3 Å². The molecule has 1 aromatic rings. The Balaban J connectivity index is 1.45. The summed E-state index contributed by atoms with van der Waals surface area (Å²) < 4.78 is 29.7. The van der Waals surface area contributed by atoms with E-state index < -0.39 is 65.7 Å². The van der Waals surface area contributed by atoms with Crippen LogP contribution in [0.2, 0.25) is 5.02 Å². The van der Waals surface area contributed by atoms with Gasteiger partial charge in [-0.1, -0.05) is 42.3 Å². The van der Waals surface area contributed by atoms with Crippen molar-refractivity contribution in [2.75, 3.05) is 52.8 Å². The number of rotatable bonds is 11. The van der Waals surface area contributed by atoms with Crippen molar-refractivity contribution in [3.63, 3.8) is 0 Å². The van der Waals surface area contributed by atoms with Crippen LogP contribution < -0.4 is 15.0 Å². The molecule has 0 saturated carbocycles. The highest BCUT2D eigenvalue weighted by Gasteiger charge is 2.64. The maximum atomic E-state index is 14.4. The van der Waals surface area contributed by atoms with E-state index in [2.05, 4.69) is 10.2 Å². The largest absolute Gasteiger partial charge is 0.495 e. The number of methoxy groups -OCH3 is 2. The number of nitrogens with zero attached hydrogens (tertiary/aromatic N) is 3. The van der Waals surface area contributed by atoms with Gasteiger partial charge in [-0.15, -0.1) is 0 Å². The van der Waals surface area contributed by atoms with Gasteiger partial charge in [0.25, 0.3) is 0 Å². The molecule has 4 bridgehead atoms. The van der Waals surface area contributed by atoms with Gasteiger partial charge in [0.1, 0.15) is 46.5 Å². The fraction of sp³-hybridized carbons (Fsp3) is 0.659. The number of likely N-dealkylation sites (tertiary alicyclic amines) is 1. The Hall–Kier alpha value is -4.02. The lowest BCUT2D eigenvalue weighted by Gasteiger charge is -2.42. The predicted octanol–water partition coefficient (Wildman–Crippen LogP) is 4.99. The number of carbonyl (C=O) groups excluding carboxylic acids is 5. The summed E-state index contributed by atoms with van der Waals surface area (Å²) in [6.45, 7) is 11.0. The number of ketones is 1. The molecule has 0 aromatic heterocycles. The zero-order valence-corrected chi connectivity index (χ0v) is 37.2. The third kappa shape index (κ3) is 10.9. The number of esters is 1. The molecule has 4 aliphatic heterocycles. The van der Waals surface area contributed by atoms with Crippen LogP contribution in [0.25, 0.3) is 0 Å². The molecule has 3 fully saturated rings. The van der Waals surface area contributed by atoms with E-state index in [9.17, 15) is 29.1 Å². The Morgan fingerprint density at radius 3 is 2.47 bits per heavy atom. The molecule has 3 amide bonds. The fourth-order valence-electron chi connectivity index (χ4n) is 8.75. The molecule has 16 heteroatoms. The first-order valence-electron chi connectivity index (χ1n) is 20.9. The molecule has 60 heavy (non-hydrogen) atoms. The second-order valence-corrected chi connectivity index (χ2v) is 17.5. The normalized spacial score (nSPS) is 31.1. The maximum Gasteiger partial charge on any atom is 0.409 e. The van der Waals surface area contributed by atoms with Gasteiger partial charge in [0.15, 0.2) is 5.72 Å². The van der Waals surface area contributed by atoms with Gasteiger partial charge < -0.3 is 43.5 Å². The Labute approximate surface area is 358 Å². The number of alkyl carbamates (subject to hydrolysis) is 1. The van der Waals surface area contributed by atoms with Crippen molar-refractivity contribution in [1.29, 1.82) is 0 Å². The molecule has 0 spiro atoms. The molecule has 4 aliphatic rings. The number of anilines is 1. The quantitative estimate of drug-likeness (QED) is 0.174. The number of hydrogen-bond donors (Lipinski definition) is 2. The van der Waals surface area contributed by atoms with Crippen LogP contribution in [-0.2, 0) is 44.5 Å². The number of ether oxygens (including phenoxy) is 5. The molecular weight excluding hydrogens is 796 g/mol. The standard InChI is InChI=1S/C44H63ClN4O11/c1-26-13-12-15-36(57-9)44(55)25-35(58-42(54)46-44)27(2)40-43(5,60-40)37(24-38(52)48(7)33-22-30(21-26)23-34(56-8)39(33)45)59-41(53)32(47(6)29(4)51)14-10-11-18-49-19-16-31(17-20-49)28(3)50/h12-13,15,22-23,27,31-32,35-37,40,55H,10-11,14,16-21,24-25H2,1-9H3,(H,46,54)/b15-12+,26-13+/t27-,32+,35+,36-,37+,40+,43+,44+/m1/s1. The molecule has 0 aliphatic carbocycles. The van der Waals surface area contributed by atoms with E-state index >= 15 is 0 Å². The van der Waals surface area contributed by atoms with E-state index in [1.54, 1.807) is 52.2 Å². The molecule has 2 N–H and O–H groups in total. The van der Waals surface area contributed by atoms with Gasteiger partial charge in [0, 0.05) is 46.4 Å². The van der Waals surface area contributed by atoms with Gasteiger partial charge in [-0.3, -0.25) is 19.7 Å². The number of fused-ring (bicyclic) bond motifs is 5. The van der Waals surface area contributed by atoms with Crippen molar-refractivity contribution in [1.82, 2.24) is 15.1 Å². The van der Waals surface area contributed by atoms with Crippen molar-refractivity contribution in [2.24, 2.45) is 11.8 Å². The molecule has 1 aromatic carbocycles. The van der Waals surface area contributed by atoms with Crippen LogP contribution in [0.3, 0.4) is 0 Å². The first kappa shape index (κ1) is 47.0. The van der Waals surface area contributed by atoms with E-state index in [0.29, 0.717) is 30.7 Å². The molecule has 5 rings (SSSR count). The topological polar surface area (TPSA) is 177 Å². The summed E-state index contributed by atoms with van der Waals surface area (Å²) in [5, 5.41) is 14.6. The summed E-state index contributed by atoms with van der Waals surface area (Å²) in [4.78, 5) is 71.3. The number of carbonyl (C=O) groups is 5. The van der Waals surface area contributed by atoms with Crippen LogP contribution in [0.4, 0.5) is 10.5 Å². The number of amides is 3. The van der Waals surface area contributed by atoms with E-state index in [-0.39, 0.29) is 35.5 Å². The Kier molecular flexibility index (Phi) is 15.5. The lowest BCUT2D eigenvalue weighted by molar-refractivity contribution is -0.162. The zero-order chi connectivity index (χ0) is 44.1. The zero-order valence-electron chi connectivity index (χ0n) is 36.5. The highest BCUT2D eigenvalue weighted by atomic mass is 35.5. The predicted molar refractivity (Wildman–Crippen MR) is 225 cm³/mol. The van der Waals surface area contributed by atoms with E-state index in [1.807, 2.05) is 19.9 Å². The van der Waals surface area contributed by atoms with Gasteiger partial charge in [-0.25, -0.2) is 9.59 Å². The number of allylic oxidation sites excluding steroid dienone is 3. The number of hydrogen-bond acceptors (Lipinski definition) is 12. The third-order valence-electron chi connectivity index (χ3n) is 12.8. The molecule has 4 heterocycles. The summed E-state index contributed by atoms with van der Waals surface area (Å²) >= 11 is 6.82. The van der Waals surface area contributed by atoms with Crippen LogP contribution in [0, 0.1) is 11.8 Å². The van der Waals surface area contributed by atoms with Crippen LogP contribution in [0.5, 0.6) is 5.75 Å². The Morgan fingerprint density at radius 1 is 1.13 bits per heavy atom. The van der Waals surface area contributed by atoms with Crippen molar-refractivity contribution in [3.05, 3.63) is 46.5 Å². The third-order valence-corrected chi connectivity index (χ3v) is 13.2. The SMILES string of the molecule is COc1cc2cc(c1Cl)N(C)C(=O)C[C@H](OC(=O)[C@H](CCCCN1CCC(C(C)=O)CC1)N(C)C(C)=O)[C@]1(C)O[C@H]1[C@H](C)[C@@H]1C[C@@](O)(NC(=O)O1)[C@H](OC)/C=C/C=C(\C)C2. The number of likely N-dealkylation sites (N-methyl/N-ethyl adjacent to an activating group) is 1. The van der Waals surface area contributed by atoms with Gasteiger partial charge in [0.05, 0.1) is 25.3 Å². The second-order valence-electron chi connectivity index (χ2n) is 17.1. The maximum absolute atomic E-state index is 14.4. The summed E-state index contributed by atoms with van der Waals surface area (Å²) in [7, 11) is 6.07. The molecule has 8 atom stereocenters. The molecule has 15 nitrogen and oxygen atoms in total. The van der Waals surface area contributed by atoms with E-state index in [1.165, 1.54) is 30.9 Å². The number of halogens is 1. The van der Waals surface area contributed by atoms with Crippen molar-refractivity contribution in [2.45, 2.75) is 128 Å². The van der Waals surface area contributed by atoms with Gasteiger partial charge in [-0.05, 0) is 96.6 Å². The number of benzene rings is 1. The first-order chi connectivity index (χ1) is 28.3. The number of nitrogens with one attached hydrogen (secondary N) is 1. The monoisotopic (exact) mass is 858 g/mol. The molecular formula is C44H63ClN4O11. The lowest BCUT2D eigenvalue weighted by atomic mass is 9.83. The van der Waals surface area contributed by atoms with Crippen LogP contribution in [0.1, 0.15) is 85.1 Å². The minimum Gasteiger partial charge on any atom is -0.495 e. The van der Waals surface area contributed by atoms with Crippen LogP contribution >= 0.6 is 11.6 Å². The fourth-order valence-corrected chi connectivity index (χ4v) is 9.06. The minimum atomic E-state index is -1.84. The molecule has 0 radical (unpaired) electrons.